The summed E-state index contributed by atoms with van der Waals surface area (Å²) in [6.45, 7) is 0.581. The zero-order chi connectivity index (χ0) is 17.6. The van der Waals surface area contributed by atoms with Gasteiger partial charge in [-0.1, -0.05) is 0 Å². The van der Waals surface area contributed by atoms with Crippen LogP contribution in [0.1, 0.15) is 12.4 Å². The molecule has 1 aliphatic heterocycles. The van der Waals surface area contributed by atoms with Crippen molar-refractivity contribution < 1.29 is 8.78 Å². The number of aromatic nitrogens is 4. The number of anilines is 1. The Balaban J connectivity index is 0.00000243. The molecule has 3 heterocycles. The Kier molecular flexibility index (Phi) is 7.48. The van der Waals surface area contributed by atoms with Gasteiger partial charge in [0.05, 0.1) is 6.54 Å². The van der Waals surface area contributed by atoms with Crippen LogP contribution >= 0.6 is 24.0 Å². The van der Waals surface area contributed by atoms with Gasteiger partial charge in [-0.3, -0.25) is 9.56 Å². The van der Waals surface area contributed by atoms with E-state index in [1.165, 1.54) is 12.4 Å². The third-order valence-electron chi connectivity index (χ3n) is 3.99. The summed E-state index contributed by atoms with van der Waals surface area (Å²) in [5.74, 6) is 1.65. The van der Waals surface area contributed by atoms with Gasteiger partial charge in [-0.25, -0.2) is 15.0 Å². The number of piperazine rings is 1. The molecule has 3 rings (SSSR count). The molecule has 2 aromatic rings. The second kappa shape index (κ2) is 9.59. The summed E-state index contributed by atoms with van der Waals surface area (Å²) < 4.78 is 26.6. The topological polar surface area (TPSA) is 74.5 Å². The van der Waals surface area contributed by atoms with Gasteiger partial charge in [0.25, 0.3) is 0 Å². The quantitative estimate of drug-likeness (QED) is 0.409. The molecule has 2 aromatic heterocycles. The molecule has 1 fully saturated rings. The Morgan fingerprint density at radius 3 is 2.46 bits per heavy atom. The normalized spacial score (nSPS) is 15.2. The maximum atomic E-state index is 12.9. The zero-order valence-electron chi connectivity index (χ0n) is 14.3. The summed E-state index contributed by atoms with van der Waals surface area (Å²) in [6.07, 6.45) is 6.08. The average Bonchev–Trinajstić information content (AvgIpc) is 3.12. The maximum absolute atomic E-state index is 12.9. The smallest absolute Gasteiger partial charge is 0.319 e. The summed E-state index contributed by atoms with van der Waals surface area (Å²) in [6, 6.07) is 1.79. The van der Waals surface area contributed by atoms with Gasteiger partial charge in [0.15, 0.2) is 5.96 Å². The molecule has 1 N–H and O–H groups in total. The molecule has 0 aromatic carbocycles. The molecular weight excluding hydrogens is 457 g/mol. The van der Waals surface area contributed by atoms with E-state index in [9.17, 15) is 8.78 Å². The molecule has 26 heavy (non-hydrogen) atoms. The van der Waals surface area contributed by atoms with Crippen molar-refractivity contribution in [3.8, 4) is 0 Å². The van der Waals surface area contributed by atoms with Crippen LogP contribution in [-0.2, 0) is 6.54 Å². The average molecular weight is 478 g/mol. The van der Waals surface area contributed by atoms with Crippen molar-refractivity contribution in [3.63, 3.8) is 0 Å². The number of halogens is 3. The highest BCUT2D eigenvalue weighted by Gasteiger charge is 2.21. The van der Waals surface area contributed by atoms with E-state index in [1.807, 2.05) is 0 Å². The lowest BCUT2D eigenvalue weighted by atomic mass is 10.3. The second-order valence-electron chi connectivity index (χ2n) is 5.45. The Morgan fingerprint density at radius 1 is 1.15 bits per heavy atom. The highest BCUT2D eigenvalue weighted by molar-refractivity contribution is 14.0. The Labute approximate surface area is 167 Å². The van der Waals surface area contributed by atoms with Crippen molar-refractivity contribution in [1.29, 1.82) is 0 Å². The van der Waals surface area contributed by atoms with Gasteiger partial charge in [-0.05, 0) is 6.07 Å². The second-order valence-corrected chi connectivity index (χ2v) is 5.45. The predicted octanol–water partition coefficient (Wildman–Crippen LogP) is 1.58. The van der Waals surface area contributed by atoms with Crippen LogP contribution in [0.15, 0.2) is 35.8 Å². The van der Waals surface area contributed by atoms with E-state index in [2.05, 4.69) is 35.1 Å². The van der Waals surface area contributed by atoms with Gasteiger partial charge >= 0.3 is 6.55 Å². The van der Waals surface area contributed by atoms with E-state index in [0.29, 0.717) is 11.9 Å². The lowest BCUT2D eigenvalue weighted by Gasteiger charge is -2.36. The zero-order valence-corrected chi connectivity index (χ0v) is 16.6. The van der Waals surface area contributed by atoms with Crippen molar-refractivity contribution in [1.82, 2.24) is 29.7 Å². The minimum atomic E-state index is -2.60. The first-order valence-electron chi connectivity index (χ1n) is 7.96. The molecule has 0 spiro atoms. The number of rotatable bonds is 4. The van der Waals surface area contributed by atoms with E-state index < -0.39 is 6.55 Å². The molecule has 0 saturated carbocycles. The minimum Gasteiger partial charge on any atom is -0.349 e. The molecule has 0 unspecified atom stereocenters. The van der Waals surface area contributed by atoms with E-state index in [0.717, 1.165) is 30.7 Å². The van der Waals surface area contributed by atoms with Crippen LogP contribution in [0.2, 0.25) is 0 Å². The Morgan fingerprint density at radius 2 is 1.85 bits per heavy atom. The highest BCUT2D eigenvalue weighted by Crippen LogP contribution is 2.13. The van der Waals surface area contributed by atoms with Crippen LogP contribution in [0.5, 0.6) is 0 Å². The molecule has 1 saturated heterocycles. The summed E-state index contributed by atoms with van der Waals surface area (Å²) in [5, 5.41) is 3.10. The molecule has 0 radical (unpaired) electrons. The standard InChI is InChI=1S/C15H20F2N8.HI/c1-18-14(22-11-12-19-5-6-25(12)13(16)17)23-7-9-24(10-8-23)15-20-3-2-4-21-15;/h2-6,13H,7-11H2,1H3,(H,18,22);1H. The molecule has 8 nitrogen and oxygen atoms in total. The Hall–Kier alpha value is -2.05. The fourth-order valence-electron chi connectivity index (χ4n) is 2.72. The summed E-state index contributed by atoms with van der Waals surface area (Å²) in [7, 11) is 1.68. The van der Waals surface area contributed by atoms with Gasteiger partial charge in [0.2, 0.25) is 5.95 Å². The molecular formula is C15H21F2IN8. The van der Waals surface area contributed by atoms with E-state index in [4.69, 9.17) is 0 Å². The van der Waals surface area contributed by atoms with Crippen LogP contribution in [0.3, 0.4) is 0 Å². The van der Waals surface area contributed by atoms with Crippen LogP contribution < -0.4 is 10.2 Å². The predicted molar refractivity (Wildman–Crippen MR) is 105 cm³/mol. The highest BCUT2D eigenvalue weighted by atomic mass is 127. The van der Waals surface area contributed by atoms with Crippen LogP contribution in [-0.4, -0.2) is 63.6 Å². The molecule has 11 heteroatoms. The fourth-order valence-corrected chi connectivity index (χ4v) is 2.72. The third-order valence-corrected chi connectivity index (χ3v) is 3.99. The van der Waals surface area contributed by atoms with Gasteiger partial charge < -0.3 is 15.1 Å². The lowest BCUT2D eigenvalue weighted by Crippen LogP contribution is -2.52. The molecule has 0 aliphatic carbocycles. The number of alkyl halides is 2. The molecule has 142 valence electrons. The molecule has 0 amide bonds. The number of hydrogen-bond donors (Lipinski definition) is 1. The number of nitrogens with zero attached hydrogens (tertiary/aromatic N) is 7. The largest absolute Gasteiger partial charge is 0.349 e. The van der Waals surface area contributed by atoms with Crippen molar-refractivity contribution >= 4 is 35.9 Å². The summed E-state index contributed by atoms with van der Waals surface area (Å²) in [5.41, 5.74) is 0. The van der Waals surface area contributed by atoms with Gasteiger partial charge in [-0.2, -0.15) is 8.78 Å². The first kappa shape index (κ1) is 20.3. The van der Waals surface area contributed by atoms with Crippen LogP contribution in [0.25, 0.3) is 0 Å². The van der Waals surface area contributed by atoms with Crippen molar-refractivity contribution in [2.75, 3.05) is 38.1 Å². The SMILES string of the molecule is CN=C(NCc1nccn1C(F)F)N1CCN(c2ncccn2)CC1.I. The summed E-state index contributed by atoms with van der Waals surface area (Å²) in [4.78, 5) is 20.9. The molecule has 0 atom stereocenters. The fraction of sp³-hybridized carbons (Fsp3) is 0.467. The number of imidazole rings is 1. The molecule has 0 bridgehead atoms. The van der Waals surface area contributed by atoms with E-state index in [1.54, 1.807) is 25.5 Å². The van der Waals surface area contributed by atoms with Gasteiger partial charge in [0, 0.05) is 58.0 Å². The first-order chi connectivity index (χ1) is 12.2. The monoisotopic (exact) mass is 478 g/mol. The van der Waals surface area contributed by atoms with E-state index >= 15 is 0 Å². The van der Waals surface area contributed by atoms with Crippen molar-refractivity contribution in [3.05, 3.63) is 36.7 Å². The number of hydrogen-bond acceptors (Lipinski definition) is 5. The number of guanidine groups is 1. The Bertz CT molecular complexity index is 701. The van der Waals surface area contributed by atoms with Crippen molar-refractivity contribution in [2.45, 2.75) is 13.1 Å². The summed E-state index contributed by atoms with van der Waals surface area (Å²) >= 11 is 0. The first-order valence-corrected chi connectivity index (χ1v) is 7.96. The van der Waals surface area contributed by atoms with Crippen LogP contribution in [0.4, 0.5) is 14.7 Å². The number of aliphatic imine (C=N–C) groups is 1. The van der Waals surface area contributed by atoms with E-state index in [-0.39, 0.29) is 36.3 Å². The maximum Gasteiger partial charge on any atom is 0.319 e. The lowest BCUT2D eigenvalue weighted by molar-refractivity contribution is 0.0668. The van der Waals surface area contributed by atoms with Crippen molar-refractivity contribution in [2.24, 2.45) is 4.99 Å². The molecule has 1 aliphatic rings. The van der Waals surface area contributed by atoms with Gasteiger partial charge in [0.1, 0.15) is 5.82 Å². The van der Waals surface area contributed by atoms with Gasteiger partial charge in [-0.15, -0.1) is 24.0 Å². The minimum absolute atomic E-state index is 0. The van der Waals surface area contributed by atoms with Crippen LogP contribution in [0, 0.1) is 0 Å². The number of nitrogens with one attached hydrogen (secondary N) is 1. The third kappa shape index (κ3) is 4.77.